The maximum absolute atomic E-state index is 5.03. The Morgan fingerprint density at radius 1 is 0.280 bits per heavy atom. The van der Waals surface area contributed by atoms with Crippen molar-refractivity contribution in [3.05, 3.63) is 164 Å². The SMILES string of the molecule is c1ccc2nc(-c3ccc4ccc(-c5ccc6nc(-c7ccc(-c8ccc9ccc%10cccnc%10c9n8)cc7)ccc6c5)cc4n3)ccc2c1. The van der Waals surface area contributed by atoms with Crippen molar-refractivity contribution in [2.24, 2.45) is 0 Å². The lowest BCUT2D eigenvalue weighted by Crippen LogP contribution is -1.90. The lowest BCUT2D eigenvalue weighted by atomic mass is 10.0. The molecule has 10 aromatic rings. The van der Waals surface area contributed by atoms with Crippen LogP contribution in [0.25, 0.3) is 99.5 Å². The van der Waals surface area contributed by atoms with Gasteiger partial charge in [0.1, 0.15) is 0 Å². The highest BCUT2D eigenvalue weighted by molar-refractivity contribution is 6.03. The second-order valence-corrected chi connectivity index (χ2v) is 12.6. The summed E-state index contributed by atoms with van der Waals surface area (Å²) in [5.74, 6) is 0. The Hall–Kier alpha value is -6.85. The molecule has 5 heterocycles. The van der Waals surface area contributed by atoms with Gasteiger partial charge < -0.3 is 0 Å². The topological polar surface area (TPSA) is 64.5 Å². The van der Waals surface area contributed by atoms with Gasteiger partial charge in [-0.1, -0.05) is 103 Å². The highest BCUT2D eigenvalue weighted by Gasteiger charge is 2.10. The fourth-order valence-corrected chi connectivity index (χ4v) is 6.81. The molecule has 0 amide bonds. The molecule has 5 heteroatoms. The minimum atomic E-state index is 0.864. The average Bonchev–Trinajstić information content (AvgIpc) is 3.19. The predicted octanol–water partition coefficient (Wildman–Crippen LogP) is 11.1. The number of benzene rings is 5. The second-order valence-electron chi connectivity index (χ2n) is 12.6. The Morgan fingerprint density at radius 3 is 1.60 bits per heavy atom. The summed E-state index contributed by atoms with van der Waals surface area (Å²) in [4.78, 5) is 24.5. The molecule has 0 aliphatic rings. The lowest BCUT2D eigenvalue weighted by molar-refractivity contribution is 1.32. The van der Waals surface area contributed by atoms with Gasteiger partial charge in [-0.15, -0.1) is 0 Å². The highest BCUT2D eigenvalue weighted by Crippen LogP contribution is 2.31. The van der Waals surface area contributed by atoms with Crippen molar-refractivity contribution in [3.8, 4) is 45.0 Å². The van der Waals surface area contributed by atoms with Gasteiger partial charge in [-0.25, -0.2) is 19.9 Å². The molecular weight excluding hydrogens is 611 g/mol. The van der Waals surface area contributed by atoms with Gasteiger partial charge in [0.2, 0.25) is 0 Å². The van der Waals surface area contributed by atoms with Gasteiger partial charge in [0, 0.05) is 44.3 Å². The molecule has 0 saturated carbocycles. The Kier molecular flexibility index (Phi) is 6.42. The van der Waals surface area contributed by atoms with Crippen LogP contribution >= 0.6 is 0 Å². The van der Waals surface area contributed by atoms with Gasteiger partial charge in [0.25, 0.3) is 0 Å². The zero-order chi connectivity index (χ0) is 33.0. The Labute approximate surface area is 287 Å². The summed E-state index contributed by atoms with van der Waals surface area (Å²) in [6.07, 6.45) is 1.82. The van der Waals surface area contributed by atoms with Crippen LogP contribution in [-0.2, 0) is 0 Å². The van der Waals surface area contributed by atoms with Crippen LogP contribution in [0.4, 0.5) is 0 Å². The third-order valence-corrected chi connectivity index (χ3v) is 9.48. The van der Waals surface area contributed by atoms with Gasteiger partial charge in [-0.05, 0) is 65.7 Å². The molecule has 232 valence electrons. The minimum absolute atomic E-state index is 0.864. The van der Waals surface area contributed by atoms with Gasteiger partial charge >= 0.3 is 0 Å². The third kappa shape index (κ3) is 4.92. The first-order valence-electron chi connectivity index (χ1n) is 16.7. The molecule has 50 heavy (non-hydrogen) atoms. The Bertz CT molecular complexity index is 2930. The molecule has 0 unspecified atom stereocenters. The van der Waals surface area contributed by atoms with Crippen molar-refractivity contribution >= 4 is 54.5 Å². The van der Waals surface area contributed by atoms with E-state index < -0.39 is 0 Å². The normalized spacial score (nSPS) is 11.6. The van der Waals surface area contributed by atoms with Crippen LogP contribution in [0.5, 0.6) is 0 Å². The number of rotatable bonds is 4. The fraction of sp³-hybridized carbons (Fsp3) is 0. The van der Waals surface area contributed by atoms with E-state index in [1.807, 2.05) is 42.6 Å². The lowest BCUT2D eigenvalue weighted by Gasteiger charge is -2.09. The highest BCUT2D eigenvalue weighted by atomic mass is 14.8. The van der Waals surface area contributed by atoms with Crippen LogP contribution in [-0.4, -0.2) is 24.9 Å². The van der Waals surface area contributed by atoms with E-state index in [2.05, 4.69) is 126 Å². The zero-order valence-corrected chi connectivity index (χ0v) is 26.8. The summed E-state index contributed by atoms with van der Waals surface area (Å²) >= 11 is 0. The molecule has 10 rings (SSSR count). The number of aromatic nitrogens is 5. The molecular formula is C45H27N5. The van der Waals surface area contributed by atoms with Crippen molar-refractivity contribution in [2.45, 2.75) is 0 Å². The van der Waals surface area contributed by atoms with Crippen molar-refractivity contribution in [1.82, 2.24) is 24.9 Å². The van der Waals surface area contributed by atoms with Gasteiger partial charge in [0.05, 0.1) is 50.4 Å². The first kappa shape index (κ1) is 28.2. The van der Waals surface area contributed by atoms with E-state index >= 15 is 0 Å². The molecule has 0 saturated heterocycles. The number of para-hydroxylation sites is 1. The van der Waals surface area contributed by atoms with Crippen LogP contribution in [0.3, 0.4) is 0 Å². The number of hydrogen-bond donors (Lipinski definition) is 0. The molecule has 0 aliphatic carbocycles. The molecule has 0 fully saturated rings. The van der Waals surface area contributed by atoms with E-state index in [4.69, 9.17) is 19.9 Å². The standard InChI is InChI=1S/C45H27N5/c1-2-6-37-28(4-1)15-23-41(48-37)42-24-16-31-11-14-35(27-43(31)49-42)34-18-21-40-36(26-34)19-22-38(47-40)29-7-9-30(10-8-29)39-20-17-33-13-12-32-5-3-25-46-44(32)45(33)50-39/h1-27H. The van der Waals surface area contributed by atoms with E-state index in [0.717, 1.165) is 99.5 Å². The third-order valence-electron chi connectivity index (χ3n) is 9.48. The first-order chi connectivity index (χ1) is 24.7. The van der Waals surface area contributed by atoms with E-state index in [-0.39, 0.29) is 0 Å². The number of fused-ring (bicyclic) bond motifs is 6. The first-order valence-corrected chi connectivity index (χ1v) is 16.7. The van der Waals surface area contributed by atoms with Crippen LogP contribution in [0.1, 0.15) is 0 Å². The molecule has 5 nitrogen and oxygen atoms in total. The summed E-state index contributed by atoms with van der Waals surface area (Å²) in [6.45, 7) is 0. The fourth-order valence-electron chi connectivity index (χ4n) is 6.81. The van der Waals surface area contributed by atoms with Gasteiger partial charge in [-0.2, -0.15) is 0 Å². The maximum atomic E-state index is 5.03. The van der Waals surface area contributed by atoms with Crippen molar-refractivity contribution in [3.63, 3.8) is 0 Å². The Balaban J connectivity index is 0.936. The van der Waals surface area contributed by atoms with E-state index in [9.17, 15) is 0 Å². The smallest absolute Gasteiger partial charge is 0.0972 e. The summed E-state index contributed by atoms with van der Waals surface area (Å²) in [5.41, 5.74) is 12.6. The number of nitrogens with zero attached hydrogens (tertiary/aromatic N) is 5. The molecule has 0 N–H and O–H groups in total. The van der Waals surface area contributed by atoms with Gasteiger partial charge in [0.15, 0.2) is 0 Å². The summed E-state index contributed by atoms with van der Waals surface area (Å²) < 4.78 is 0. The van der Waals surface area contributed by atoms with E-state index in [1.165, 1.54) is 0 Å². The minimum Gasteiger partial charge on any atom is -0.254 e. The van der Waals surface area contributed by atoms with Crippen LogP contribution in [0, 0.1) is 0 Å². The number of pyridine rings is 5. The van der Waals surface area contributed by atoms with E-state index in [1.54, 1.807) is 0 Å². The molecule has 0 atom stereocenters. The van der Waals surface area contributed by atoms with Crippen LogP contribution in [0.2, 0.25) is 0 Å². The summed E-state index contributed by atoms with van der Waals surface area (Å²) in [5, 5.41) is 5.48. The molecule has 0 aliphatic heterocycles. The largest absolute Gasteiger partial charge is 0.254 e. The quantitative estimate of drug-likeness (QED) is 0.180. The Morgan fingerprint density at radius 2 is 0.780 bits per heavy atom. The summed E-state index contributed by atoms with van der Waals surface area (Å²) in [7, 11) is 0. The zero-order valence-electron chi connectivity index (χ0n) is 26.8. The molecule has 0 radical (unpaired) electrons. The van der Waals surface area contributed by atoms with Crippen molar-refractivity contribution in [1.29, 1.82) is 0 Å². The molecule has 5 aromatic carbocycles. The molecule has 0 spiro atoms. The van der Waals surface area contributed by atoms with Crippen LogP contribution < -0.4 is 0 Å². The van der Waals surface area contributed by atoms with Gasteiger partial charge in [-0.3, -0.25) is 4.98 Å². The number of hydrogen-bond acceptors (Lipinski definition) is 5. The monoisotopic (exact) mass is 637 g/mol. The molecule has 5 aromatic heterocycles. The van der Waals surface area contributed by atoms with Crippen molar-refractivity contribution in [2.75, 3.05) is 0 Å². The van der Waals surface area contributed by atoms with E-state index in [0.29, 0.717) is 0 Å². The predicted molar refractivity (Wildman–Crippen MR) is 205 cm³/mol. The van der Waals surface area contributed by atoms with Crippen molar-refractivity contribution < 1.29 is 0 Å². The maximum Gasteiger partial charge on any atom is 0.0972 e. The van der Waals surface area contributed by atoms with Crippen LogP contribution in [0.15, 0.2) is 164 Å². The molecule has 0 bridgehead atoms. The average molecular weight is 638 g/mol. The second kappa shape index (κ2) is 11.4. The summed E-state index contributed by atoms with van der Waals surface area (Å²) in [6, 6.07) is 54.5.